The van der Waals surface area contributed by atoms with Gasteiger partial charge in [-0.3, -0.25) is 14.9 Å². The fraction of sp³-hybridized carbons (Fsp3) is 0.333. The summed E-state index contributed by atoms with van der Waals surface area (Å²) in [6, 6.07) is 12.1. The maximum absolute atomic E-state index is 6.06. The van der Waals surface area contributed by atoms with Crippen molar-refractivity contribution in [1.29, 1.82) is 0 Å². The molecule has 1 aliphatic heterocycles. The molecule has 4 rings (SSSR count). The summed E-state index contributed by atoms with van der Waals surface area (Å²) >= 11 is 6.06. The highest BCUT2D eigenvalue weighted by Crippen LogP contribution is 2.24. The van der Waals surface area contributed by atoms with E-state index < -0.39 is 0 Å². The number of aromatic nitrogens is 2. The maximum atomic E-state index is 6.06. The number of rotatable bonds is 6. The number of pyridine rings is 2. The highest BCUT2D eigenvalue weighted by Gasteiger charge is 2.16. The zero-order valence-electron chi connectivity index (χ0n) is 15.3. The molecule has 27 heavy (non-hydrogen) atoms. The van der Waals surface area contributed by atoms with Crippen LogP contribution >= 0.6 is 11.6 Å². The van der Waals surface area contributed by atoms with E-state index in [4.69, 9.17) is 11.6 Å². The molecule has 0 radical (unpaired) electrons. The van der Waals surface area contributed by atoms with Crippen molar-refractivity contribution in [3.63, 3.8) is 0 Å². The lowest BCUT2D eigenvalue weighted by molar-refractivity contribution is 0.257. The molecule has 0 aliphatic carbocycles. The molecule has 6 heteroatoms. The molecule has 140 valence electrons. The van der Waals surface area contributed by atoms with E-state index in [0.717, 1.165) is 67.3 Å². The minimum atomic E-state index is 0.720. The van der Waals surface area contributed by atoms with Crippen molar-refractivity contribution in [2.24, 2.45) is 0 Å². The normalized spacial score (nSPS) is 15.2. The van der Waals surface area contributed by atoms with Gasteiger partial charge in [-0.2, -0.15) is 0 Å². The summed E-state index contributed by atoms with van der Waals surface area (Å²) in [5, 5.41) is 5.39. The lowest BCUT2D eigenvalue weighted by Crippen LogP contribution is -2.46. The first-order valence-electron chi connectivity index (χ1n) is 9.45. The number of fused-ring (bicyclic) bond motifs is 1. The summed E-state index contributed by atoms with van der Waals surface area (Å²) in [5.41, 5.74) is 3.33. The van der Waals surface area contributed by atoms with Crippen molar-refractivity contribution < 1.29 is 0 Å². The first kappa shape index (κ1) is 18.0. The van der Waals surface area contributed by atoms with Gasteiger partial charge in [-0.15, -0.1) is 0 Å². The van der Waals surface area contributed by atoms with Gasteiger partial charge in [0.1, 0.15) is 0 Å². The summed E-state index contributed by atoms with van der Waals surface area (Å²) in [5.74, 6) is 0. The Bertz CT molecular complexity index is 878. The predicted molar refractivity (Wildman–Crippen MR) is 113 cm³/mol. The van der Waals surface area contributed by atoms with E-state index in [-0.39, 0.29) is 0 Å². The third-order valence-corrected chi connectivity index (χ3v) is 5.31. The van der Waals surface area contributed by atoms with Crippen molar-refractivity contribution in [3.05, 3.63) is 60.0 Å². The fourth-order valence-electron chi connectivity index (χ4n) is 3.59. The van der Waals surface area contributed by atoms with Crippen molar-refractivity contribution in [2.45, 2.75) is 6.42 Å². The van der Waals surface area contributed by atoms with Crippen molar-refractivity contribution >= 4 is 33.9 Å². The third-order valence-electron chi connectivity index (χ3n) is 5.07. The summed E-state index contributed by atoms with van der Waals surface area (Å²) in [6.45, 7) is 6.44. The molecule has 3 heterocycles. The van der Waals surface area contributed by atoms with Crippen molar-refractivity contribution in [2.75, 3.05) is 49.5 Å². The average molecular weight is 382 g/mol. The van der Waals surface area contributed by atoms with E-state index in [1.54, 1.807) is 0 Å². The number of hydrogen-bond acceptors (Lipinski definition) is 5. The second-order valence-corrected chi connectivity index (χ2v) is 7.27. The van der Waals surface area contributed by atoms with E-state index in [1.807, 2.05) is 42.9 Å². The Morgan fingerprint density at radius 3 is 2.59 bits per heavy atom. The zero-order chi connectivity index (χ0) is 18.5. The van der Waals surface area contributed by atoms with Crippen LogP contribution in [0.5, 0.6) is 0 Å². The Morgan fingerprint density at radius 2 is 1.78 bits per heavy atom. The zero-order valence-corrected chi connectivity index (χ0v) is 16.1. The van der Waals surface area contributed by atoms with Crippen LogP contribution in [0.25, 0.3) is 10.9 Å². The number of anilines is 2. The van der Waals surface area contributed by atoms with Gasteiger partial charge in [-0.05, 0) is 49.4 Å². The molecule has 1 aliphatic rings. The van der Waals surface area contributed by atoms with Crippen LogP contribution in [0.3, 0.4) is 0 Å². The van der Waals surface area contributed by atoms with Crippen LogP contribution in [0.15, 0.2) is 55.0 Å². The Morgan fingerprint density at radius 1 is 0.963 bits per heavy atom. The van der Waals surface area contributed by atoms with Crippen LogP contribution in [0, 0.1) is 0 Å². The summed E-state index contributed by atoms with van der Waals surface area (Å²) in [6.07, 6.45) is 6.68. The molecular formula is C21H24ClN5. The SMILES string of the molecule is Clc1ccc2c(NCCCN3CCN(c4ccncc4)CC3)ccnc2c1. The topological polar surface area (TPSA) is 44.3 Å². The van der Waals surface area contributed by atoms with Gasteiger partial charge in [0.05, 0.1) is 5.52 Å². The number of hydrogen-bond donors (Lipinski definition) is 1. The lowest BCUT2D eigenvalue weighted by atomic mass is 10.2. The van der Waals surface area contributed by atoms with Crippen LogP contribution in [0.1, 0.15) is 6.42 Å². The molecule has 1 aromatic carbocycles. The molecule has 2 aromatic heterocycles. The Labute approximate surface area is 165 Å². The van der Waals surface area contributed by atoms with Gasteiger partial charge in [-0.25, -0.2) is 0 Å². The smallest absolute Gasteiger partial charge is 0.0737 e. The van der Waals surface area contributed by atoms with Crippen LogP contribution in [-0.4, -0.2) is 54.1 Å². The molecule has 1 fully saturated rings. The van der Waals surface area contributed by atoms with Crippen LogP contribution in [0.2, 0.25) is 5.02 Å². The largest absolute Gasteiger partial charge is 0.384 e. The molecular weight excluding hydrogens is 358 g/mol. The molecule has 1 saturated heterocycles. The molecule has 3 aromatic rings. The van der Waals surface area contributed by atoms with Gasteiger partial charge >= 0.3 is 0 Å². The highest BCUT2D eigenvalue weighted by atomic mass is 35.5. The maximum Gasteiger partial charge on any atom is 0.0737 e. The first-order chi connectivity index (χ1) is 13.3. The summed E-state index contributed by atoms with van der Waals surface area (Å²) < 4.78 is 0. The fourth-order valence-corrected chi connectivity index (χ4v) is 3.75. The van der Waals surface area contributed by atoms with E-state index >= 15 is 0 Å². The van der Waals surface area contributed by atoms with Crippen LogP contribution in [-0.2, 0) is 0 Å². The number of piperazine rings is 1. The third kappa shape index (κ3) is 4.49. The molecule has 0 saturated carbocycles. The van der Waals surface area contributed by atoms with Gasteiger partial charge < -0.3 is 10.2 Å². The standard InChI is InChI=1S/C21H24ClN5/c22-17-2-3-19-20(6-10-25-21(19)16-17)24-7-1-11-26-12-14-27(15-13-26)18-4-8-23-9-5-18/h2-6,8-10,16H,1,7,11-15H2,(H,24,25). The quantitative estimate of drug-likeness (QED) is 0.656. The number of nitrogens with zero attached hydrogens (tertiary/aromatic N) is 4. The van der Waals surface area contributed by atoms with E-state index in [2.05, 4.69) is 37.2 Å². The van der Waals surface area contributed by atoms with Gasteiger partial charge in [0, 0.05) is 73.1 Å². The van der Waals surface area contributed by atoms with Crippen LogP contribution in [0.4, 0.5) is 11.4 Å². The molecule has 0 atom stereocenters. The average Bonchev–Trinajstić information content (AvgIpc) is 2.72. The van der Waals surface area contributed by atoms with Crippen LogP contribution < -0.4 is 10.2 Å². The Balaban J connectivity index is 1.23. The molecule has 0 spiro atoms. The van der Waals surface area contributed by atoms with Crippen molar-refractivity contribution in [3.8, 4) is 0 Å². The van der Waals surface area contributed by atoms with E-state index in [1.165, 1.54) is 5.69 Å². The number of benzene rings is 1. The van der Waals surface area contributed by atoms with Gasteiger partial charge in [0.25, 0.3) is 0 Å². The second kappa shape index (κ2) is 8.55. The van der Waals surface area contributed by atoms with Gasteiger partial charge in [0.15, 0.2) is 0 Å². The molecule has 0 amide bonds. The minimum absolute atomic E-state index is 0.720. The Kier molecular flexibility index (Phi) is 5.70. The van der Waals surface area contributed by atoms with Gasteiger partial charge in [-0.1, -0.05) is 11.6 Å². The summed E-state index contributed by atoms with van der Waals surface area (Å²) in [7, 11) is 0. The van der Waals surface area contributed by atoms with E-state index in [9.17, 15) is 0 Å². The molecule has 0 bridgehead atoms. The second-order valence-electron chi connectivity index (χ2n) is 6.83. The first-order valence-corrected chi connectivity index (χ1v) is 9.83. The van der Waals surface area contributed by atoms with Crippen molar-refractivity contribution in [1.82, 2.24) is 14.9 Å². The minimum Gasteiger partial charge on any atom is -0.384 e. The Hall–Kier alpha value is -2.37. The molecule has 1 N–H and O–H groups in total. The monoisotopic (exact) mass is 381 g/mol. The molecule has 5 nitrogen and oxygen atoms in total. The van der Waals surface area contributed by atoms with E-state index in [0.29, 0.717) is 0 Å². The number of halogens is 1. The number of nitrogens with one attached hydrogen (secondary N) is 1. The van der Waals surface area contributed by atoms with Gasteiger partial charge in [0.2, 0.25) is 0 Å². The predicted octanol–water partition coefficient (Wildman–Crippen LogP) is 3.91. The molecule has 0 unspecified atom stereocenters. The summed E-state index contributed by atoms with van der Waals surface area (Å²) in [4.78, 5) is 13.5. The lowest BCUT2D eigenvalue weighted by Gasteiger charge is -2.36. The highest BCUT2D eigenvalue weighted by molar-refractivity contribution is 6.31.